The highest BCUT2D eigenvalue weighted by atomic mass is 16.6. The van der Waals surface area contributed by atoms with Gasteiger partial charge in [-0.1, -0.05) is 96.8 Å². The zero-order chi connectivity index (χ0) is 30.6. The van der Waals surface area contributed by atoms with E-state index >= 15 is 0 Å². The van der Waals surface area contributed by atoms with Crippen molar-refractivity contribution in [1.82, 2.24) is 0 Å². The second-order valence-corrected chi connectivity index (χ2v) is 13.2. The first-order chi connectivity index (χ1) is 20.3. The zero-order valence-corrected chi connectivity index (χ0v) is 26.9. The molecule has 0 radical (unpaired) electrons. The fraction of sp³-hybridized carbons (Fsp3) is 0.914. The molecule has 42 heavy (non-hydrogen) atoms. The quantitative estimate of drug-likeness (QED) is 0.0785. The number of esters is 1. The molecule has 0 amide bonds. The second-order valence-electron chi connectivity index (χ2n) is 13.2. The molecule has 0 aromatic carbocycles. The Bertz CT molecular complexity index is 754. The number of cyclic esters (lactones) is 1. The van der Waals surface area contributed by atoms with Gasteiger partial charge in [-0.05, 0) is 51.9 Å². The van der Waals surface area contributed by atoms with Crippen LogP contribution in [0, 0.1) is 5.92 Å². The molecule has 0 spiro atoms. The lowest BCUT2D eigenvalue weighted by Crippen LogP contribution is -2.31. The summed E-state index contributed by atoms with van der Waals surface area (Å²) in [6, 6.07) is 0. The van der Waals surface area contributed by atoms with Crippen molar-refractivity contribution in [1.29, 1.82) is 0 Å². The van der Waals surface area contributed by atoms with Crippen molar-refractivity contribution < 1.29 is 34.1 Å². The van der Waals surface area contributed by atoms with Crippen molar-refractivity contribution >= 4 is 17.5 Å². The highest BCUT2D eigenvalue weighted by molar-refractivity contribution is 5.84. The molecular formula is C35H62O7. The smallest absolute Gasteiger partial charge is 0.309 e. The molecule has 0 aromatic heterocycles. The molecule has 6 atom stereocenters. The molecule has 2 unspecified atom stereocenters. The minimum absolute atomic E-state index is 0.00597. The maximum atomic E-state index is 12.2. The summed E-state index contributed by atoms with van der Waals surface area (Å²) in [5, 5.41) is 21.2. The first-order valence-corrected chi connectivity index (χ1v) is 17.5. The molecule has 0 aromatic rings. The summed E-state index contributed by atoms with van der Waals surface area (Å²) in [6.45, 7) is 3.74. The number of rotatable bonds is 26. The van der Waals surface area contributed by atoms with Crippen LogP contribution in [-0.4, -0.2) is 58.3 Å². The van der Waals surface area contributed by atoms with Crippen molar-refractivity contribution in [3.63, 3.8) is 0 Å². The third-order valence-electron chi connectivity index (χ3n) is 9.20. The van der Waals surface area contributed by atoms with Crippen LogP contribution in [0.25, 0.3) is 0 Å². The minimum Gasteiger partial charge on any atom is -0.462 e. The van der Waals surface area contributed by atoms with E-state index in [0.717, 1.165) is 64.2 Å². The number of unbranched alkanes of at least 4 members (excludes halogenated alkanes) is 13. The van der Waals surface area contributed by atoms with Gasteiger partial charge in [0.25, 0.3) is 0 Å². The second kappa shape index (κ2) is 22.2. The van der Waals surface area contributed by atoms with Crippen LogP contribution in [-0.2, 0) is 23.9 Å². The Kier molecular flexibility index (Phi) is 19.5. The van der Waals surface area contributed by atoms with E-state index in [2.05, 4.69) is 6.92 Å². The van der Waals surface area contributed by atoms with Gasteiger partial charge in [0.05, 0.1) is 30.3 Å². The number of carbonyl (C=O) groups excluding carboxylic acids is 3. The number of aliphatic hydroxyl groups excluding tert-OH is 2. The molecule has 2 N–H and O–H groups in total. The van der Waals surface area contributed by atoms with Crippen LogP contribution < -0.4 is 0 Å². The monoisotopic (exact) mass is 594 g/mol. The summed E-state index contributed by atoms with van der Waals surface area (Å²) in [4.78, 5) is 35.3. The number of hydrogen-bond donors (Lipinski definition) is 2. The summed E-state index contributed by atoms with van der Waals surface area (Å²) in [5.41, 5.74) is 0. The molecule has 0 saturated carbocycles. The van der Waals surface area contributed by atoms with Gasteiger partial charge in [-0.25, -0.2) is 0 Å². The molecule has 2 aliphatic rings. The van der Waals surface area contributed by atoms with E-state index in [4.69, 9.17) is 9.47 Å². The van der Waals surface area contributed by atoms with Crippen LogP contribution >= 0.6 is 0 Å². The SMILES string of the molecule is CCCCCCCCCCCC[C@H](O)[C@@H]1CC[C@@H]([C@@H](O)CCCCCCCC(=O)CCC2CC(CC(C)=O)C(=O)O2)O1. The van der Waals surface area contributed by atoms with Gasteiger partial charge in [-0.3, -0.25) is 9.59 Å². The molecule has 2 rings (SSSR count). The van der Waals surface area contributed by atoms with Crippen molar-refractivity contribution in [3.05, 3.63) is 0 Å². The highest BCUT2D eigenvalue weighted by Gasteiger charge is 2.35. The molecule has 7 nitrogen and oxygen atoms in total. The molecule has 0 bridgehead atoms. The average molecular weight is 595 g/mol. The summed E-state index contributed by atoms with van der Waals surface area (Å²) in [5.74, 6) is -0.439. The minimum atomic E-state index is -0.471. The normalized spacial score (nSPS) is 23.7. The first-order valence-electron chi connectivity index (χ1n) is 17.5. The summed E-state index contributed by atoms with van der Waals surface area (Å²) >= 11 is 0. The molecule has 2 aliphatic heterocycles. The molecule has 7 heteroatoms. The molecule has 0 aliphatic carbocycles. The number of Topliss-reactive ketones (excluding diaryl/α,β-unsaturated/α-hetero) is 2. The Morgan fingerprint density at radius 3 is 1.79 bits per heavy atom. The van der Waals surface area contributed by atoms with Crippen molar-refractivity contribution in [2.24, 2.45) is 5.92 Å². The standard InChI is InChI=1S/C35H62O7/c1-3-4-5-6-7-8-9-10-13-16-19-31(38)33-23-24-34(42-33)32(39)20-17-14-11-12-15-18-29(37)21-22-30-26-28(25-27(2)36)35(40)41-30/h28,30-34,38-39H,3-26H2,1-2H3/t28?,30?,31-,32-,33-,34-/m0/s1. The van der Waals surface area contributed by atoms with Crippen LogP contribution in [0.15, 0.2) is 0 Å². The third kappa shape index (κ3) is 16.0. The Hall–Kier alpha value is -1.31. The number of ether oxygens (including phenoxy) is 2. The van der Waals surface area contributed by atoms with Gasteiger partial charge >= 0.3 is 5.97 Å². The maximum Gasteiger partial charge on any atom is 0.309 e. The fourth-order valence-electron chi connectivity index (χ4n) is 6.53. The van der Waals surface area contributed by atoms with E-state index in [1.807, 2.05) is 0 Å². The molecular weight excluding hydrogens is 532 g/mol. The van der Waals surface area contributed by atoms with Gasteiger partial charge in [0, 0.05) is 19.3 Å². The van der Waals surface area contributed by atoms with Crippen LogP contribution in [0.5, 0.6) is 0 Å². The third-order valence-corrected chi connectivity index (χ3v) is 9.20. The first kappa shape index (κ1) is 36.9. The summed E-state index contributed by atoms with van der Waals surface area (Å²) in [7, 11) is 0. The Morgan fingerprint density at radius 2 is 1.26 bits per heavy atom. The molecule has 2 saturated heterocycles. The van der Waals surface area contributed by atoms with Gasteiger partial charge in [-0.2, -0.15) is 0 Å². The molecule has 2 fully saturated rings. The van der Waals surface area contributed by atoms with E-state index in [9.17, 15) is 24.6 Å². The van der Waals surface area contributed by atoms with Crippen LogP contribution in [0.4, 0.5) is 0 Å². The van der Waals surface area contributed by atoms with Gasteiger partial charge in [0.1, 0.15) is 17.7 Å². The maximum absolute atomic E-state index is 12.2. The number of hydrogen-bond acceptors (Lipinski definition) is 7. The van der Waals surface area contributed by atoms with Gasteiger partial charge < -0.3 is 24.5 Å². The van der Waals surface area contributed by atoms with Crippen LogP contribution in [0.1, 0.15) is 168 Å². The average Bonchev–Trinajstić information content (AvgIpc) is 3.59. The van der Waals surface area contributed by atoms with E-state index in [1.54, 1.807) is 0 Å². The topological polar surface area (TPSA) is 110 Å². The van der Waals surface area contributed by atoms with Crippen molar-refractivity contribution in [2.75, 3.05) is 0 Å². The van der Waals surface area contributed by atoms with E-state index in [1.165, 1.54) is 64.7 Å². The number of aliphatic hydroxyl groups is 2. The molecule has 2 heterocycles. The highest BCUT2D eigenvalue weighted by Crippen LogP contribution is 2.29. The van der Waals surface area contributed by atoms with Gasteiger partial charge in [-0.15, -0.1) is 0 Å². The molecule has 244 valence electrons. The Labute approximate surface area is 255 Å². The summed E-state index contributed by atoms with van der Waals surface area (Å²) < 4.78 is 11.4. The zero-order valence-electron chi connectivity index (χ0n) is 26.9. The Morgan fingerprint density at radius 1 is 0.762 bits per heavy atom. The largest absolute Gasteiger partial charge is 0.462 e. The van der Waals surface area contributed by atoms with Crippen molar-refractivity contribution in [3.8, 4) is 0 Å². The van der Waals surface area contributed by atoms with Gasteiger partial charge in [0.15, 0.2) is 0 Å². The van der Waals surface area contributed by atoms with Crippen LogP contribution in [0.2, 0.25) is 0 Å². The Balaban J connectivity index is 1.41. The fourth-order valence-corrected chi connectivity index (χ4v) is 6.53. The van der Waals surface area contributed by atoms with Gasteiger partial charge in [0.2, 0.25) is 0 Å². The van der Waals surface area contributed by atoms with E-state index < -0.39 is 12.2 Å². The lowest BCUT2D eigenvalue weighted by atomic mass is 9.96. The lowest BCUT2D eigenvalue weighted by Gasteiger charge is -2.22. The predicted octanol–water partition coefficient (Wildman–Crippen LogP) is 7.56. The lowest BCUT2D eigenvalue weighted by molar-refractivity contribution is -0.145. The number of carbonyl (C=O) groups is 3. The van der Waals surface area contributed by atoms with Crippen molar-refractivity contribution in [2.45, 2.75) is 198 Å². The number of ketones is 2. The predicted molar refractivity (Wildman–Crippen MR) is 166 cm³/mol. The van der Waals surface area contributed by atoms with E-state index in [-0.39, 0.29) is 48.2 Å². The summed E-state index contributed by atoms with van der Waals surface area (Å²) in [6.07, 6.45) is 21.8. The van der Waals surface area contributed by atoms with E-state index in [0.29, 0.717) is 25.7 Å². The van der Waals surface area contributed by atoms with Crippen LogP contribution in [0.3, 0.4) is 0 Å².